The lowest BCUT2D eigenvalue weighted by Crippen LogP contribution is -2.61. The van der Waals surface area contributed by atoms with Crippen LogP contribution in [0.2, 0.25) is 0 Å². The zero-order valence-corrected chi connectivity index (χ0v) is 10.6. The van der Waals surface area contributed by atoms with Crippen molar-refractivity contribution in [1.82, 2.24) is 15.6 Å². The second-order valence-electron chi connectivity index (χ2n) is 4.88. The van der Waals surface area contributed by atoms with Crippen molar-refractivity contribution in [2.24, 2.45) is 0 Å². The molecule has 19 heavy (non-hydrogen) atoms. The summed E-state index contributed by atoms with van der Waals surface area (Å²) in [5.41, 5.74) is 1.98. The van der Waals surface area contributed by atoms with Crippen molar-refractivity contribution in [3.8, 4) is 0 Å². The van der Waals surface area contributed by atoms with Crippen LogP contribution >= 0.6 is 0 Å². The molecule has 0 bridgehead atoms. The number of nitrogens with one attached hydrogen (secondary N) is 3. The average Bonchev–Trinajstić information content (AvgIpc) is 2.78. The standard InChI is InChI=1S/C14H15N3O2/c1-8-13(18)17-12(14(19)15-8)7-10-6-9-4-2-3-5-11(9)16-10/h2-6,8,12,16H,7H2,1H3,(H,15,19)(H,17,18)/t8-,12+/m1/s1. The molecule has 1 aliphatic rings. The molecule has 5 heteroatoms. The molecule has 0 unspecified atom stereocenters. The molecule has 1 aromatic carbocycles. The van der Waals surface area contributed by atoms with Gasteiger partial charge in [0.1, 0.15) is 12.1 Å². The molecule has 2 amide bonds. The van der Waals surface area contributed by atoms with Gasteiger partial charge in [0.25, 0.3) is 0 Å². The summed E-state index contributed by atoms with van der Waals surface area (Å²) in [5.74, 6) is -0.272. The molecular weight excluding hydrogens is 242 g/mol. The van der Waals surface area contributed by atoms with E-state index in [1.54, 1.807) is 6.92 Å². The van der Waals surface area contributed by atoms with Crippen LogP contribution in [0.1, 0.15) is 12.6 Å². The Hall–Kier alpha value is -2.30. The van der Waals surface area contributed by atoms with Crippen molar-refractivity contribution in [3.63, 3.8) is 0 Å². The van der Waals surface area contributed by atoms with E-state index in [1.165, 1.54) is 0 Å². The highest BCUT2D eigenvalue weighted by molar-refractivity contribution is 5.96. The van der Waals surface area contributed by atoms with Gasteiger partial charge in [-0.1, -0.05) is 18.2 Å². The van der Waals surface area contributed by atoms with E-state index >= 15 is 0 Å². The van der Waals surface area contributed by atoms with Crippen LogP contribution in [0.15, 0.2) is 30.3 Å². The fourth-order valence-electron chi connectivity index (χ4n) is 2.35. The number of fused-ring (bicyclic) bond motifs is 1. The number of amides is 2. The van der Waals surface area contributed by atoms with E-state index in [9.17, 15) is 9.59 Å². The quantitative estimate of drug-likeness (QED) is 0.741. The highest BCUT2D eigenvalue weighted by atomic mass is 16.2. The minimum absolute atomic E-state index is 0.134. The summed E-state index contributed by atoms with van der Waals surface area (Å²) < 4.78 is 0. The van der Waals surface area contributed by atoms with E-state index in [2.05, 4.69) is 15.6 Å². The van der Waals surface area contributed by atoms with Crippen molar-refractivity contribution in [3.05, 3.63) is 36.0 Å². The minimum Gasteiger partial charge on any atom is -0.358 e. The van der Waals surface area contributed by atoms with E-state index in [-0.39, 0.29) is 11.8 Å². The summed E-state index contributed by atoms with van der Waals surface area (Å²) in [6.45, 7) is 1.67. The van der Waals surface area contributed by atoms with Gasteiger partial charge in [0, 0.05) is 17.6 Å². The Bertz CT molecular complexity index is 614. The van der Waals surface area contributed by atoms with E-state index in [1.807, 2.05) is 30.3 Å². The van der Waals surface area contributed by atoms with Crippen molar-refractivity contribution >= 4 is 22.7 Å². The molecule has 5 nitrogen and oxygen atoms in total. The van der Waals surface area contributed by atoms with Gasteiger partial charge in [-0.05, 0) is 24.4 Å². The summed E-state index contributed by atoms with van der Waals surface area (Å²) >= 11 is 0. The van der Waals surface area contributed by atoms with Crippen molar-refractivity contribution in [2.45, 2.75) is 25.4 Å². The number of para-hydroxylation sites is 1. The summed E-state index contributed by atoms with van der Waals surface area (Å²) in [5, 5.41) is 6.51. The molecule has 98 valence electrons. The number of hydrogen-bond donors (Lipinski definition) is 3. The predicted molar refractivity (Wildman–Crippen MR) is 71.5 cm³/mol. The summed E-state index contributed by atoms with van der Waals surface area (Å²) in [6.07, 6.45) is 0.471. The van der Waals surface area contributed by atoms with Gasteiger partial charge in [-0.15, -0.1) is 0 Å². The Kier molecular flexibility index (Phi) is 2.74. The summed E-state index contributed by atoms with van der Waals surface area (Å²) in [6, 6.07) is 8.98. The third-order valence-electron chi connectivity index (χ3n) is 3.39. The van der Waals surface area contributed by atoms with Crippen LogP contribution < -0.4 is 10.6 Å². The van der Waals surface area contributed by atoms with Gasteiger partial charge in [-0.25, -0.2) is 0 Å². The monoisotopic (exact) mass is 257 g/mol. The maximum atomic E-state index is 11.8. The van der Waals surface area contributed by atoms with Crippen LogP contribution in [-0.4, -0.2) is 28.9 Å². The largest absolute Gasteiger partial charge is 0.358 e. The maximum Gasteiger partial charge on any atom is 0.243 e. The molecule has 1 saturated heterocycles. The molecule has 2 heterocycles. The topological polar surface area (TPSA) is 74.0 Å². The molecule has 1 fully saturated rings. The summed E-state index contributed by atoms with van der Waals surface area (Å²) in [7, 11) is 0. The Morgan fingerprint density at radius 1 is 1.11 bits per heavy atom. The molecule has 0 spiro atoms. The molecular formula is C14H15N3O2. The van der Waals surface area contributed by atoms with E-state index < -0.39 is 12.1 Å². The number of carbonyl (C=O) groups is 2. The molecule has 1 aliphatic heterocycles. The van der Waals surface area contributed by atoms with Gasteiger partial charge < -0.3 is 15.6 Å². The molecule has 2 aromatic rings. The van der Waals surface area contributed by atoms with E-state index in [4.69, 9.17) is 0 Å². The van der Waals surface area contributed by atoms with Crippen LogP contribution in [0.25, 0.3) is 10.9 Å². The number of benzene rings is 1. The van der Waals surface area contributed by atoms with Gasteiger partial charge in [-0.3, -0.25) is 9.59 Å². The van der Waals surface area contributed by atoms with Gasteiger partial charge in [-0.2, -0.15) is 0 Å². The summed E-state index contributed by atoms with van der Waals surface area (Å²) in [4.78, 5) is 26.7. The molecule has 3 rings (SSSR count). The van der Waals surface area contributed by atoms with Crippen molar-refractivity contribution < 1.29 is 9.59 Å². The highest BCUT2D eigenvalue weighted by Gasteiger charge is 2.31. The zero-order valence-electron chi connectivity index (χ0n) is 10.6. The van der Waals surface area contributed by atoms with Crippen molar-refractivity contribution in [2.75, 3.05) is 0 Å². The molecule has 2 atom stereocenters. The first-order valence-corrected chi connectivity index (χ1v) is 6.31. The number of rotatable bonds is 2. The molecule has 0 saturated carbocycles. The third-order valence-corrected chi connectivity index (χ3v) is 3.39. The van der Waals surface area contributed by atoms with Gasteiger partial charge >= 0.3 is 0 Å². The lowest BCUT2D eigenvalue weighted by Gasteiger charge is -2.27. The van der Waals surface area contributed by atoms with E-state index in [0.717, 1.165) is 16.6 Å². The Labute approximate surface area is 110 Å². The van der Waals surface area contributed by atoms with Crippen LogP contribution in [-0.2, 0) is 16.0 Å². The van der Waals surface area contributed by atoms with Crippen LogP contribution in [0, 0.1) is 0 Å². The number of piperazine rings is 1. The van der Waals surface area contributed by atoms with Crippen LogP contribution in [0.3, 0.4) is 0 Å². The first-order valence-electron chi connectivity index (χ1n) is 6.31. The van der Waals surface area contributed by atoms with E-state index in [0.29, 0.717) is 6.42 Å². The van der Waals surface area contributed by atoms with Gasteiger partial charge in [0.15, 0.2) is 0 Å². The minimum atomic E-state index is -0.503. The fourth-order valence-corrected chi connectivity index (χ4v) is 2.35. The van der Waals surface area contributed by atoms with Gasteiger partial charge in [0.05, 0.1) is 0 Å². The Morgan fingerprint density at radius 3 is 2.68 bits per heavy atom. The van der Waals surface area contributed by atoms with Crippen molar-refractivity contribution in [1.29, 1.82) is 0 Å². The molecule has 3 N–H and O–H groups in total. The normalized spacial score (nSPS) is 23.2. The second-order valence-corrected chi connectivity index (χ2v) is 4.88. The first kappa shape index (κ1) is 11.8. The molecule has 0 aliphatic carbocycles. The van der Waals surface area contributed by atoms with Crippen LogP contribution in [0.4, 0.5) is 0 Å². The lowest BCUT2D eigenvalue weighted by atomic mass is 10.1. The van der Waals surface area contributed by atoms with Crippen LogP contribution in [0.5, 0.6) is 0 Å². The van der Waals surface area contributed by atoms with Gasteiger partial charge in [0.2, 0.25) is 11.8 Å². The fraction of sp³-hybridized carbons (Fsp3) is 0.286. The molecule has 0 radical (unpaired) electrons. The smallest absolute Gasteiger partial charge is 0.243 e. The molecule has 1 aromatic heterocycles. The zero-order chi connectivity index (χ0) is 13.4. The second kappa shape index (κ2) is 4.42. The highest BCUT2D eigenvalue weighted by Crippen LogP contribution is 2.16. The number of aromatic amines is 1. The Morgan fingerprint density at radius 2 is 1.89 bits per heavy atom. The average molecular weight is 257 g/mol. The number of hydrogen-bond acceptors (Lipinski definition) is 2. The SMILES string of the molecule is C[C@H]1NC(=O)[C@H](Cc2cc3ccccc3[nH]2)NC1=O. The number of H-pyrrole nitrogens is 1. The maximum absolute atomic E-state index is 11.8. The Balaban J connectivity index is 1.80. The first-order chi connectivity index (χ1) is 9.13. The number of carbonyl (C=O) groups excluding carboxylic acids is 2. The lowest BCUT2D eigenvalue weighted by molar-refractivity contribution is -0.136. The number of aromatic nitrogens is 1. The predicted octanol–water partition coefficient (Wildman–Crippen LogP) is 0.713. The third kappa shape index (κ3) is 2.19.